The van der Waals surface area contributed by atoms with E-state index in [4.69, 9.17) is 16.9 Å². The Morgan fingerprint density at radius 3 is 2.61 bits per heavy atom. The Morgan fingerprint density at radius 1 is 1.17 bits per heavy atom. The van der Waals surface area contributed by atoms with E-state index in [0.29, 0.717) is 10.6 Å². The van der Waals surface area contributed by atoms with Gasteiger partial charge in [0.2, 0.25) is 0 Å². The zero-order chi connectivity index (χ0) is 13.2. The van der Waals surface area contributed by atoms with E-state index in [1.807, 2.05) is 12.1 Å². The van der Waals surface area contributed by atoms with E-state index < -0.39 is 0 Å². The van der Waals surface area contributed by atoms with Crippen molar-refractivity contribution in [1.82, 2.24) is 0 Å². The molecular weight excluding hydrogens is 244 g/mol. The molecule has 1 aromatic carbocycles. The molecule has 0 amide bonds. The lowest BCUT2D eigenvalue weighted by atomic mass is 10.1. The molecule has 0 aromatic heterocycles. The molecule has 0 aliphatic heterocycles. The summed E-state index contributed by atoms with van der Waals surface area (Å²) in [6, 6.07) is 7.66. The van der Waals surface area contributed by atoms with E-state index in [-0.39, 0.29) is 0 Å². The summed E-state index contributed by atoms with van der Waals surface area (Å²) in [5, 5.41) is 12.8. The highest BCUT2D eigenvalue weighted by Crippen LogP contribution is 2.23. The molecule has 18 heavy (non-hydrogen) atoms. The highest BCUT2D eigenvalue weighted by molar-refractivity contribution is 6.32. The van der Waals surface area contributed by atoms with Crippen LogP contribution in [0.3, 0.4) is 0 Å². The van der Waals surface area contributed by atoms with Crippen LogP contribution >= 0.6 is 11.6 Å². The maximum Gasteiger partial charge on any atom is 0.103 e. The van der Waals surface area contributed by atoms with E-state index >= 15 is 0 Å². The minimum absolute atomic E-state index is 0.519. The molecule has 98 valence electrons. The van der Waals surface area contributed by atoms with Crippen LogP contribution in [0.2, 0.25) is 5.02 Å². The molecule has 0 bridgehead atoms. The Hall–Kier alpha value is -1.20. The van der Waals surface area contributed by atoms with Crippen molar-refractivity contribution < 1.29 is 0 Å². The van der Waals surface area contributed by atoms with Gasteiger partial charge in [0, 0.05) is 6.54 Å². The fourth-order valence-corrected chi connectivity index (χ4v) is 2.13. The topological polar surface area (TPSA) is 35.8 Å². The zero-order valence-corrected chi connectivity index (χ0v) is 11.8. The molecule has 0 unspecified atom stereocenters. The van der Waals surface area contributed by atoms with Crippen molar-refractivity contribution in [3.05, 3.63) is 28.8 Å². The first kappa shape index (κ1) is 14.9. The van der Waals surface area contributed by atoms with Crippen LogP contribution in [0.4, 0.5) is 5.69 Å². The first-order chi connectivity index (χ1) is 8.79. The number of hydrogen-bond acceptors (Lipinski definition) is 2. The van der Waals surface area contributed by atoms with Crippen LogP contribution in [0.5, 0.6) is 0 Å². The van der Waals surface area contributed by atoms with Gasteiger partial charge >= 0.3 is 0 Å². The molecule has 0 aliphatic rings. The van der Waals surface area contributed by atoms with E-state index in [1.165, 1.54) is 32.1 Å². The lowest BCUT2D eigenvalue weighted by molar-refractivity contribution is 0.617. The standard InChI is InChI=1S/C15H21ClN2/c1-2-3-4-5-6-7-11-18-15-10-8-9-14(16)13(15)12-17/h8-10,18H,2-7,11H2,1H3. The second-order valence-electron chi connectivity index (χ2n) is 4.47. The average Bonchev–Trinajstić information content (AvgIpc) is 2.38. The molecule has 0 saturated heterocycles. The minimum atomic E-state index is 0.519. The van der Waals surface area contributed by atoms with Gasteiger partial charge in [-0.1, -0.05) is 56.7 Å². The van der Waals surface area contributed by atoms with Crippen LogP contribution in [0.15, 0.2) is 18.2 Å². The molecule has 1 aromatic rings. The summed E-state index contributed by atoms with van der Waals surface area (Å²) in [6.45, 7) is 3.13. The summed E-state index contributed by atoms with van der Waals surface area (Å²) in [4.78, 5) is 0. The third kappa shape index (κ3) is 4.98. The first-order valence-electron chi connectivity index (χ1n) is 6.72. The van der Waals surface area contributed by atoms with Gasteiger partial charge in [-0.15, -0.1) is 0 Å². The van der Waals surface area contributed by atoms with Crippen molar-refractivity contribution in [2.24, 2.45) is 0 Å². The number of hydrogen-bond donors (Lipinski definition) is 1. The van der Waals surface area contributed by atoms with Gasteiger partial charge < -0.3 is 5.32 Å². The molecule has 0 fully saturated rings. The summed E-state index contributed by atoms with van der Waals surface area (Å²) < 4.78 is 0. The van der Waals surface area contributed by atoms with E-state index in [0.717, 1.165) is 18.7 Å². The van der Waals surface area contributed by atoms with Crippen LogP contribution in [0, 0.1) is 11.3 Å². The SMILES string of the molecule is CCCCCCCCNc1cccc(Cl)c1C#N. The largest absolute Gasteiger partial charge is 0.384 e. The first-order valence-corrected chi connectivity index (χ1v) is 7.10. The fraction of sp³-hybridized carbons (Fsp3) is 0.533. The molecular formula is C15H21ClN2. The molecule has 1 N–H and O–H groups in total. The number of nitrogens with one attached hydrogen (secondary N) is 1. The van der Waals surface area contributed by atoms with Crippen LogP contribution < -0.4 is 5.32 Å². The average molecular weight is 265 g/mol. The van der Waals surface area contributed by atoms with Crippen LogP contribution in [0.1, 0.15) is 51.0 Å². The van der Waals surface area contributed by atoms with Gasteiger partial charge in [0.1, 0.15) is 6.07 Å². The van der Waals surface area contributed by atoms with Crippen molar-refractivity contribution >= 4 is 17.3 Å². The Labute approximate surface area is 115 Å². The predicted molar refractivity (Wildman–Crippen MR) is 78.0 cm³/mol. The number of anilines is 1. The highest BCUT2D eigenvalue weighted by atomic mass is 35.5. The van der Waals surface area contributed by atoms with Gasteiger partial charge in [-0.3, -0.25) is 0 Å². The zero-order valence-electron chi connectivity index (χ0n) is 11.0. The molecule has 1 rings (SSSR count). The van der Waals surface area contributed by atoms with Gasteiger partial charge in [-0.05, 0) is 18.6 Å². The third-order valence-corrected chi connectivity index (χ3v) is 3.29. The predicted octanol–water partition coefficient (Wildman–Crippen LogP) is 4.98. The number of unbranched alkanes of at least 4 members (excludes halogenated alkanes) is 5. The summed E-state index contributed by atoms with van der Waals surface area (Å²) in [5.41, 5.74) is 1.39. The van der Waals surface area contributed by atoms with Crippen molar-refractivity contribution in [1.29, 1.82) is 5.26 Å². The lowest BCUT2D eigenvalue weighted by Crippen LogP contribution is -2.03. The molecule has 0 aliphatic carbocycles. The normalized spacial score (nSPS) is 10.1. The summed E-state index contributed by atoms with van der Waals surface area (Å²) in [7, 11) is 0. The second-order valence-corrected chi connectivity index (χ2v) is 4.88. The molecule has 0 radical (unpaired) electrons. The molecule has 0 atom stereocenters. The van der Waals surface area contributed by atoms with Gasteiger partial charge in [0.25, 0.3) is 0 Å². The van der Waals surface area contributed by atoms with Gasteiger partial charge in [0.15, 0.2) is 0 Å². The Balaban J connectivity index is 2.28. The van der Waals surface area contributed by atoms with Crippen molar-refractivity contribution in [3.8, 4) is 6.07 Å². The maximum absolute atomic E-state index is 9.02. The molecule has 2 nitrogen and oxygen atoms in total. The number of nitriles is 1. The number of rotatable bonds is 8. The van der Waals surface area contributed by atoms with Gasteiger partial charge in [-0.25, -0.2) is 0 Å². The molecule has 0 saturated carbocycles. The van der Waals surface area contributed by atoms with Gasteiger partial charge in [0.05, 0.1) is 16.3 Å². The summed E-state index contributed by atoms with van der Waals surface area (Å²) >= 11 is 5.96. The van der Waals surface area contributed by atoms with Gasteiger partial charge in [-0.2, -0.15) is 5.26 Å². The Morgan fingerprint density at radius 2 is 1.89 bits per heavy atom. The van der Waals surface area contributed by atoms with Crippen molar-refractivity contribution in [3.63, 3.8) is 0 Å². The quantitative estimate of drug-likeness (QED) is 0.672. The Bertz CT molecular complexity index is 396. The van der Waals surface area contributed by atoms with Crippen LogP contribution in [-0.2, 0) is 0 Å². The van der Waals surface area contributed by atoms with Crippen LogP contribution in [0.25, 0.3) is 0 Å². The second kappa shape index (κ2) is 8.83. The van der Waals surface area contributed by atoms with E-state index in [1.54, 1.807) is 6.07 Å². The smallest absolute Gasteiger partial charge is 0.103 e. The number of halogens is 1. The molecule has 3 heteroatoms. The Kier molecular flexibility index (Phi) is 7.29. The molecule has 0 spiro atoms. The summed E-state index contributed by atoms with van der Waals surface area (Å²) in [6.07, 6.45) is 7.64. The monoisotopic (exact) mass is 264 g/mol. The maximum atomic E-state index is 9.02. The lowest BCUT2D eigenvalue weighted by Gasteiger charge is -2.08. The number of nitrogens with zero attached hydrogens (tertiary/aromatic N) is 1. The summed E-state index contributed by atoms with van der Waals surface area (Å²) in [5.74, 6) is 0. The highest BCUT2D eigenvalue weighted by Gasteiger charge is 2.04. The van der Waals surface area contributed by atoms with Crippen molar-refractivity contribution in [2.45, 2.75) is 45.4 Å². The van der Waals surface area contributed by atoms with E-state index in [2.05, 4.69) is 18.3 Å². The third-order valence-electron chi connectivity index (χ3n) is 2.97. The number of benzene rings is 1. The fourth-order valence-electron chi connectivity index (χ4n) is 1.91. The minimum Gasteiger partial charge on any atom is -0.384 e. The molecule has 0 heterocycles. The van der Waals surface area contributed by atoms with Crippen LogP contribution in [-0.4, -0.2) is 6.54 Å². The van der Waals surface area contributed by atoms with E-state index in [9.17, 15) is 0 Å². The van der Waals surface area contributed by atoms with Crippen molar-refractivity contribution in [2.75, 3.05) is 11.9 Å².